The van der Waals surface area contributed by atoms with Gasteiger partial charge in [0.05, 0.1) is 16.6 Å². The van der Waals surface area contributed by atoms with Crippen molar-refractivity contribution in [1.29, 1.82) is 0 Å². The van der Waals surface area contributed by atoms with Crippen molar-refractivity contribution in [3.63, 3.8) is 0 Å². The molecule has 1 N–H and O–H groups in total. The second kappa shape index (κ2) is 8.14. The summed E-state index contributed by atoms with van der Waals surface area (Å²) in [5.74, 6) is 0.418. The predicted molar refractivity (Wildman–Crippen MR) is 110 cm³/mol. The van der Waals surface area contributed by atoms with E-state index >= 15 is 0 Å². The molecule has 0 saturated heterocycles. The molecule has 8 heteroatoms. The van der Waals surface area contributed by atoms with E-state index in [4.69, 9.17) is 4.74 Å². The summed E-state index contributed by atoms with van der Waals surface area (Å²) < 4.78 is 45.5. The molecule has 0 unspecified atom stereocenters. The van der Waals surface area contributed by atoms with Gasteiger partial charge in [0.25, 0.3) is 5.91 Å². The molecule has 0 radical (unpaired) electrons. The maximum absolute atomic E-state index is 12.6. The molecular weight excluding hydrogens is 407 g/mol. The van der Waals surface area contributed by atoms with Gasteiger partial charge in [-0.1, -0.05) is 12.1 Å². The maximum atomic E-state index is 12.6. The minimum absolute atomic E-state index is 0.160. The van der Waals surface area contributed by atoms with Crippen molar-refractivity contribution < 1.29 is 22.7 Å². The van der Waals surface area contributed by atoms with Crippen LogP contribution in [0.5, 0.6) is 5.75 Å². The number of hydrogen-bond donors (Lipinski definition) is 1. The lowest BCUT2D eigenvalue weighted by molar-refractivity contribution is -0.137. The van der Waals surface area contributed by atoms with Gasteiger partial charge in [0, 0.05) is 18.3 Å². The first-order valence-electron chi connectivity index (χ1n) is 9.44. The summed E-state index contributed by atoms with van der Waals surface area (Å²) >= 11 is 0. The van der Waals surface area contributed by atoms with Crippen LogP contribution in [0.25, 0.3) is 16.7 Å². The summed E-state index contributed by atoms with van der Waals surface area (Å²) in [5, 5.41) is 2.59. The van der Waals surface area contributed by atoms with Gasteiger partial charge in [-0.2, -0.15) is 13.2 Å². The smallest absolute Gasteiger partial charge is 0.416 e. The molecule has 0 saturated carbocycles. The summed E-state index contributed by atoms with van der Waals surface area (Å²) in [4.78, 5) is 16.2. The van der Waals surface area contributed by atoms with Crippen molar-refractivity contribution in [2.24, 2.45) is 0 Å². The van der Waals surface area contributed by atoms with Gasteiger partial charge in [0.1, 0.15) is 18.7 Å². The molecule has 0 aliphatic carbocycles. The second-order valence-electron chi connectivity index (χ2n) is 6.87. The number of carbonyl (C=O) groups is 1. The Balaban J connectivity index is 1.46. The highest BCUT2D eigenvalue weighted by Crippen LogP contribution is 2.29. The van der Waals surface area contributed by atoms with E-state index in [-0.39, 0.29) is 12.5 Å². The van der Waals surface area contributed by atoms with Gasteiger partial charge in [-0.25, -0.2) is 4.98 Å². The highest BCUT2D eigenvalue weighted by atomic mass is 19.4. The molecule has 0 aliphatic rings. The molecule has 0 bridgehead atoms. The van der Waals surface area contributed by atoms with Gasteiger partial charge in [-0.05, 0) is 60.2 Å². The number of fused-ring (bicyclic) bond motifs is 1. The van der Waals surface area contributed by atoms with E-state index in [1.54, 1.807) is 37.6 Å². The summed E-state index contributed by atoms with van der Waals surface area (Å²) in [6.07, 6.45) is -2.67. The number of imidazole rings is 1. The Kier molecular flexibility index (Phi) is 5.37. The second-order valence-corrected chi connectivity index (χ2v) is 6.87. The van der Waals surface area contributed by atoms with E-state index in [1.807, 2.05) is 22.8 Å². The monoisotopic (exact) mass is 425 g/mol. The van der Waals surface area contributed by atoms with Crippen LogP contribution in [0.3, 0.4) is 0 Å². The number of alkyl halides is 3. The number of carbonyl (C=O) groups excluding carboxylic acids is 1. The number of aromatic nitrogens is 2. The Morgan fingerprint density at radius 2 is 1.74 bits per heavy atom. The van der Waals surface area contributed by atoms with E-state index in [0.717, 1.165) is 23.3 Å². The van der Waals surface area contributed by atoms with Gasteiger partial charge in [-0.15, -0.1) is 0 Å². The van der Waals surface area contributed by atoms with Crippen LogP contribution in [0.2, 0.25) is 0 Å². The van der Waals surface area contributed by atoms with Gasteiger partial charge in [0.15, 0.2) is 0 Å². The summed E-state index contributed by atoms with van der Waals surface area (Å²) in [6, 6.07) is 17.5. The van der Waals surface area contributed by atoms with E-state index in [9.17, 15) is 18.0 Å². The van der Waals surface area contributed by atoms with Crippen molar-refractivity contribution in [2.45, 2.75) is 12.8 Å². The van der Waals surface area contributed by atoms with Crippen LogP contribution in [-0.4, -0.2) is 22.5 Å². The summed E-state index contributed by atoms with van der Waals surface area (Å²) in [6.45, 7) is 0.160. The van der Waals surface area contributed by atoms with Gasteiger partial charge in [-0.3, -0.25) is 9.36 Å². The van der Waals surface area contributed by atoms with Crippen LogP contribution in [0, 0.1) is 0 Å². The van der Waals surface area contributed by atoms with Crippen LogP contribution in [0.1, 0.15) is 21.5 Å². The first-order valence-corrected chi connectivity index (χ1v) is 9.44. The molecule has 0 fully saturated rings. The van der Waals surface area contributed by atoms with Crippen LogP contribution >= 0.6 is 0 Å². The molecule has 1 aromatic heterocycles. The summed E-state index contributed by atoms with van der Waals surface area (Å²) in [7, 11) is 1.58. The van der Waals surface area contributed by atoms with E-state index < -0.39 is 11.7 Å². The lowest BCUT2D eigenvalue weighted by Gasteiger charge is -2.10. The molecule has 31 heavy (non-hydrogen) atoms. The van der Waals surface area contributed by atoms with Crippen molar-refractivity contribution in [3.05, 3.63) is 89.7 Å². The number of nitrogens with one attached hydrogen (secondary N) is 1. The zero-order valence-electron chi connectivity index (χ0n) is 16.5. The van der Waals surface area contributed by atoms with E-state index in [2.05, 4.69) is 10.3 Å². The third kappa shape index (κ3) is 4.37. The molecule has 3 aromatic carbocycles. The molecule has 1 heterocycles. The van der Waals surface area contributed by atoms with Crippen molar-refractivity contribution in [3.8, 4) is 11.4 Å². The highest BCUT2D eigenvalue weighted by molar-refractivity contribution is 5.97. The van der Waals surface area contributed by atoms with Crippen molar-refractivity contribution in [1.82, 2.24) is 14.9 Å². The Morgan fingerprint density at radius 1 is 1.03 bits per heavy atom. The zero-order chi connectivity index (χ0) is 22.0. The Labute approximate surface area is 176 Å². The number of rotatable bonds is 5. The van der Waals surface area contributed by atoms with E-state index in [1.165, 1.54) is 12.1 Å². The van der Waals surface area contributed by atoms with Crippen molar-refractivity contribution >= 4 is 16.9 Å². The number of halogens is 3. The lowest BCUT2D eigenvalue weighted by atomic mass is 10.1. The number of benzene rings is 3. The van der Waals surface area contributed by atoms with Crippen LogP contribution in [-0.2, 0) is 12.8 Å². The Bertz CT molecular complexity index is 1210. The number of amides is 1. The molecule has 0 atom stereocenters. The molecule has 0 aliphatic heterocycles. The topological polar surface area (TPSA) is 56.2 Å². The number of nitrogens with zero attached hydrogens (tertiary/aromatic N) is 2. The summed E-state index contributed by atoms with van der Waals surface area (Å²) in [5.41, 5.74) is 2.90. The average Bonchev–Trinajstić information content (AvgIpc) is 3.20. The average molecular weight is 425 g/mol. The predicted octanol–water partition coefficient (Wildman–Crippen LogP) is 4.98. The van der Waals surface area contributed by atoms with Gasteiger partial charge in [0.2, 0.25) is 0 Å². The standard InChI is InChI=1S/C23H18F3N3O2/c1-27-22(30)16-4-11-21-20(12-16)28-14-29(21)18-7-9-19(10-8-18)31-13-15-2-5-17(6-3-15)23(24,25)26/h2-12,14H,13H2,1H3,(H,27,30). The molecule has 4 rings (SSSR count). The molecule has 1 amide bonds. The third-order valence-corrected chi connectivity index (χ3v) is 4.84. The van der Waals surface area contributed by atoms with Crippen LogP contribution < -0.4 is 10.1 Å². The largest absolute Gasteiger partial charge is 0.489 e. The third-order valence-electron chi connectivity index (χ3n) is 4.84. The number of ether oxygens (including phenoxy) is 1. The highest BCUT2D eigenvalue weighted by Gasteiger charge is 2.29. The molecule has 0 spiro atoms. The molecule has 4 aromatic rings. The zero-order valence-corrected chi connectivity index (χ0v) is 16.5. The minimum Gasteiger partial charge on any atom is -0.489 e. The quantitative estimate of drug-likeness (QED) is 0.491. The van der Waals surface area contributed by atoms with Crippen LogP contribution in [0.15, 0.2) is 73.1 Å². The lowest BCUT2D eigenvalue weighted by Crippen LogP contribution is -2.17. The van der Waals surface area contributed by atoms with Crippen molar-refractivity contribution in [2.75, 3.05) is 7.05 Å². The fourth-order valence-corrected chi connectivity index (χ4v) is 3.16. The fraction of sp³-hybridized carbons (Fsp3) is 0.130. The van der Waals surface area contributed by atoms with Crippen LogP contribution in [0.4, 0.5) is 13.2 Å². The van der Waals surface area contributed by atoms with Gasteiger partial charge < -0.3 is 10.1 Å². The van der Waals surface area contributed by atoms with E-state index in [0.29, 0.717) is 22.4 Å². The van der Waals surface area contributed by atoms with Gasteiger partial charge >= 0.3 is 6.18 Å². The molecule has 158 valence electrons. The SMILES string of the molecule is CNC(=O)c1ccc2c(c1)ncn2-c1ccc(OCc2ccc(C(F)(F)F)cc2)cc1. The fourth-order valence-electron chi connectivity index (χ4n) is 3.16. The maximum Gasteiger partial charge on any atom is 0.416 e. The molecule has 5 nitrogen and oxygen atoms in total. The normalized spacial score (nSPS) is 11.5. The first kappa shape index (κ1) is 20.5. The number of hydrogen-bond acceptors (Lipinski definition) is 3. The minimum atomic E-state index is -4.35. The molecular formula is C23H18F3N3O2. The Hall–Kier alpha value is -3.81. The first-order chi connectivity index (χ1) is 14.8. The Morgan fingerprint density at radius 3 is 2.39 bits per heavy atom.